The molecule has 1 rings (SSSR count). The Bertz CT molecular complexity index is 220. The number of hydrogen-bond acceptors (Lipinski definition) is 5. The third kappa shape index (κ3) is 2.87. The van der Waals surface area contributed by atoms with E-state index < -0.39 is 0 Å². The average molecular weight is 167 g/mol. The summed E-state index contributed by atoms with van der Waals surface area (Å²) in [5.41, 5.74) is 0. The van der Waals surface area contributed by atoms with E-state index in [1.807, 2.05) is 0 Å². The van der Waals surface area contributed by atoms with Crippen molar-refractivity contribution < 1.29 is 0 Å². The lowest BCUT2D eigenvalue weighted by atomic mass is 10.4. The molecule has 0 radical (unpaired) electrons. The minimum atomic E-state index is 0.613. The van der Waals surface area contributed by atoms with E-state index in [-0.39, 0.29) is 0 Å². The largest absolute Gasteiger partial charge is 0.317 e. The molecular weight excluding hydrogens is 154 g/mol. The van der Waals surface area contributed by atoms with Gasteiger partial charge in [-0.3, -0.25) is 0 Å². The van der Waals surface area contributed by atoms with Gasteiger partial charge in [0, 0.05) is 13.0 Å². The Morgan fingerprint density at radius 1 is 1.17 bits per heavy atom. The predicted octanol–water partition coefficient (Wildman–Crippen LogP) is -0.273. The first-order valence-electron chi connectivity index (χ1n) is 4.06. The van der Waals surface area contributed by atoms with Crippen LogP contribution in [0.2, 0.25) is 0 Å². The van der Waals surface area contributed by atoms with Gasteiger partial charge in [0.1, 0.15) is 0 Å². The zero-order chi connectivity index (χ0) is 8.81. The molecule has 5 nitrogen and oxygen atoms in total. The van der Waals surface area contributed by atoms with Crippen molar-refractivity contribution in [2.24, 2.45) is 0 Å². The van der Waals surface area contributed by atoms with E-state index in [4.69, 9.17) is 0 Å². The number of nitrogens with zero attached hydrogens (tertiary/aromatic N) is 4. The van der Waals surface area contributed by atoms with Gasteiger partial charge < -0.3 is 5.32 Å². The number of rotatable bonds is 4. The van der Waals surface area contributed by atoms with Crippen molar-refractivity contribution in [1.29, 1.82) is 0 Å². The third-order valence-corrected chi connectivity index (χ3v) is 1.40. The van der Waals surface area contributed by atoms with Crippen LogP contribution in [0.3, 0.4) is 0 Å². The topological polar surface area (TPSA) is 63.6 Å². The minimum Gasteiger partial charge on any atom is -0.317 e. The van der Waals surface area contributed by atoms with Crippen LogP contribution in [0.5, 0.6) is 0 Å². The zero-order valence-corrected chi connectivity index (χ0v) is 7.41. The SMILES string of the molecule is CCNCCc1nnc(C)nn1. The molecule has 0 saturated carbocycles. The van der Waals surface area contributed by atoms with Crippen molar-refractivity contribution in [2.75, 3.05) is 13.1 Å². The summed E-state index contributed by atoms with van der Waals surface area (Å²) in [6, 6.07) is 0. The van der Waals surface area contributed by atoms with Crippen molar-refractivity contribution in [3.8, 4) is 0 Å². The van der Waals surface area contributed by atoms with Crippen molar-refractivity contribution in [2.45, 2.75) is 20.3 Å². The van der Waals surface area contributed by atoms with Crippen LogP contribution in [-0.4, -0.2) is 33.5 Å². The van der Waals surface area contributed by atoms with Gasteiger partial charge in [-0.25, -0.2) is 0 Å². The lowest BCUT2D eigenvalue weighted by Gasteiger charge is -1.98. The van der Waals surface area contributed by atoms with Gasteiger partial charge in [-0.1, -0.05) is 6.92 Å². The van der Waals surface area contributed by atoms with Gasteiger partial charge in [0.25, 0.3) is 0 Å². The van der Waals surface area contributed by atoms with Crippen LogP contribution in [0.15, 0.2) is 0 Å². The van der Waals surface area contributed by atoms with E-state index in [9.17, 15) is 0 Å². The van der Waals surface area contributed by atoms with Crippen LogP contribution in [0.4, 0.5) is 0 Å². The maximum absolute atomic E-state index is 3.89. The molecule has 1 aromatic rings. The van der Waals surface area contributed by atoms with E-state index in [0.717, 1.165) is 19.5 Å². The first-order chi connectivity index (χ1) is 5.83. The second-order valence-electron chi connectivity index (χ2n) is 2.47. The monoisotopic (exact) mass is 167 g/mol. The fourth-order valence-corrected chi connectivity index (χ4v) is 0.777. The minimum absolute atomic E-state index is 0.613. The molecule has 0 atom stereocenters. The zero-order valence-electron chi connectivity index (χ0n) is 7.41. The number of hydrogen-bond donors (Lipinski definition) is 1. The lowest BCUT2D eigenvalue weighted by Crippen LogP contribution is -2.18. The number of aryl methyl sites for hydroxylation is 1. The van der Waals surface area contributed by atoms with Crippen LogP contribution in [0.25, 0.3) is 0 Å². The first kappa shape index (κ1) is 8.99. The quantitative estimate of drug-likeness (QED) is 0.625. The molecule has 0 saturated heterocycles. The summed E-state index contributed by atoms with van der Waals surface area (Å²) >= 11 is 0. The Balaban J connectivity index is 2.37. The summed E-state index contributed by atoms with van der Waals surface area (Å²) < 4.78 is 0. The number of nitrogens with one attached hydrogen (secondary N) is 1. The van der Waals surface area contributed by atoms with Crippen LogP contribution < -0.4 is 5.32 Å². The predicted molar refractivity (Wildman–Crippen MR) is 44.6 cm³/mol. The van der Waals surface area contributed by atoms with Crippen LogP contribution >= 0.6 is 0 Å². The van der Waals surface area contributed by atoms with Crippen LogP contribution in [0.1, 0.15) is 18.6 Å². The van der Waals surface area contributed by atoms with E-state index in [2.05, 4.69) is 32.6 Å². The lowest BCUT2D eigenvalue weighted by molar-refractivity contribution is 0.659. The summed E-state index contributed by atoms with van der Waals surface area (Å²) in [7, 11) is 0. The molecule has 0 aliphatic rings. The molecule has 66 valence electrons. The van der Waals surface area contributed by atoms with E-state index in [1.54, 1.807) is 6.92 Å². The van der Waals surface area contributed by atoms with Crippen LogP contribution in [-0.2, 0) is 6.42 Å². The molecule has 5 heteroatoms. The molecule has 1 heterocycles. The molecule has 1 aromatic heterocycles. The molecule has 0 bridgehead atoms. The Morgan fingerprint density at radius 3 is 2.42 bits per heavy atom. The summed E-state index contributed by atoms with van der Waals surface area (Å²) in [6.07, 6.45) is 0.786. The number of likely N-dealkylation sites (N-methyl/N-ethyl adjacent to an activating group) is 1. The van der Waals surface area contributed by atoms with Gasteiger partial charge >= 0.3 is 0 Å². The molecule has 0 unspecified atom stereocenters. The van der Waals surface area contributed by atoms with Crippen molar-refractivity contribution >= 4 is 0 Å². The highest BCUT2D eigenvalue weighted by Crippen LogP contribution is 1.85. The summed E-state index contributed by atoms with van der Waals surface area (Å²) in [5, 5.41) is 18.6. The summed E-state index contributed by atoms with van der Waals surface area (Å²) in [5.74, 6) is 1.31. The average Bonchev–Trinajstić information content (AvgIpc) is 2.09. The number of aromatic nitrogens is 4. The summed E-state index contributed by atoms with van der Waals surface area (Å²) in [4.78, 5) is 0. The Hall–Kier alpha value is -1.10. The Labute approximate surface area is 71.6 Å². The maximum atomic E-state index is 3.89. The van der Waals surface area contributed by atoms with Crippen molar-refractivity contribution in [3.63, 3.8) is 0 Å². The molecule has 0 amide bonds. The van der Waals surface area contributed by atoms with Crippen LogP contribution in [0, 0.1) is 6.92 Å². The standard InChI is InChI=1S/C7H13N5/c1-3-8-5-4-7-11-9-6(2)10-12-7/h8H,3-5H2,1-2H3. The van der Waals surface area contributed by atoms with Crippen molar-refractivity contribution in [3.05, 3.63) is 11.6 Å². The fourth-order valence-electron chi connectivity index (χ4n) is 0.777. The van der Waals surface area contributed by atoms with Gasteiger partial charge in [-0.2, -0.15) is 0 Å². The summed E-state index contributed by atoms with van der Waals surface area (Å²) in [6.45, 7) is 5.68. The van der Waals surface area contributed by atoms with E-state index in [1.165, 1.54) is 0 Å². The Morgan fingerprint density at radius 2 is 1.83 bits per heavy atom. The molecule has 0 aromatic carbocycles. The highest BCUT2D eigenvalue weighted by molar-refractivity contribution is 4.80. The van der Waals surface area contributed by atoms with E-state index in [0.29, 0.717) is 11.6 Å². The maximum Gasteiger partial charge on any atom is 0.174 e. The van der Waals surface area contributed by atoms with Gasteiger partial charge in [0.2, 0.25) is 0 Å². The van der Waals surface area contributed by atoms with Gasteiger partial charge in [0.05, 0.1) is 0 Å². The van der Waals surface area contributed by atoms with Crippen molar-refractivity contribution in [1.82, 2.24) is 25.7 Å². The molecular formula is C7H13N5. The third-order valence-electron chi connectivity index (χ3n) is 1.40. The highest BCUT2D eigenvalue weighted by Gasteiger charge is 1.96. The van der Waals surface area contributed by atoms with E-state index >= 15 is 0 Å². The smallest absolute Gasteiger partial charge is 0.174 e. The molecule has 1 N–H and O–H groups in total. The normalized spacial score (nSPS) is 10.2. The van der Waals surface area contributed by atoms with Gasteiger partial charge in [0.15, 0.2) is 11.6 Å². The second-order valence-corrected chi connectivity index (χ2v) is 2.47. The first-order valence-corrected chi connectivity index (χ1v) is 4.06. The van der Waals surface area contributed by atoms with Gasteiger partial charge in [-0.15, -0.1) is 20.4 Å². The molecule has 12 heavy (non-hydrogen) atoms. The highest BCUT2D eigenvalue weighted by atomic mass is 15.3. The fraction of sp³-hybridized carbons (Fsp3) is 0.714. The molecule has 0 spiro atoms. The van der Waals surface area contributed by atoms with Gasteiger partial charge in [-0.05, 0) is 13.5 Å². The Kier molecular flexibility index (Phi) is 3.53. The second kappa shape index (κ2) is 4.71. The molecule has 0 fully saturated rings. The molecule has 0 aliphatic carbocycles. The molecule has 0 aliphatic heterocycles.